The Kier molecular flexibility index (Phi) is 3.37. The van der Waals surface area contributed by atoms with Crippen LogP contribution >= 0.6 is 0 Å². The molecule has 1 aliphatic rings. The number of aromatic nitrogens is 4. The van der Waals surface area contributed by atoms with Gasteiger partial charge in [-0.15, -0.1) is 0 Å². The van der Waals surface area contributed by atoms with Crippen molar-refractivity contribution < 1.29 is 4.74 Å². The molecule has 6 heteroatoms. The van der Waals surface area contributed by atoms with Gasteiger partial charge in [-0.3, -0.25) is 0 Å². The largest absolute Gasteiger partial charge is 0.496 e. The highest BCUT2D eigenvalue weighted by molar-refractivity contribution is 5.51. The second kappa shape index (κ2) is 5.53. The van der Waals surface area contributed by atoms with Crippen molar-refractivity contribution >= 4 is 11.6 Å². The van der Waals surface area contributed by atoms with Crippen LogP contribution in [0.5, 0.6) is 5.75 Å². The van der Waals surface area contributed by atoms with Crippen molar-refractivity contribution in [3.63, 3.8) is 0 Å². The summed E-state index contributed by atoms with van der Waals surface area (Å²) < 4.78 is 7.25. The average molecular weight is 309 g/mol. The van der Waals surface area contributed by atoms with Crippen LogP contribution in [-0.4, -0.2) is 26.7 Å². The molecule has 0 bridgehead atoms. The number of nitrogens with zero attached hydrogens (tertiary/aromatic N) is 4. The van der Waals surface area contributed by atoms with Crippen molar-refractivity contribution in [2.24, 2.45) is 0 Å². The smallest absolute Gasteiger partial charge is 0.254 e. The summed E-state index contributed by atoms with van der Waals surface area (Å²) in [5.41, 5.74) is 3.61. The molecule has 4 rings (SSSR count). The first-order valence-corrected chi connectivity index (χ1v) is 7.92. The normalized spacial score (nSPS) is 16.5. The van der Waals surface area contributed by atoms with E-state index in [1.54, 1.807) is 18.0 Å². The molecular formula is C17H19N5O. The molecule has 1 aliphatic carbocycles. The third-order valence-electron chi connectivity index (χ3n) is 4.44. The van der Waals surface area contributed by atoms with Crippen molar-refractivity contribution in [2.75, 3.05) is 12.4 Å². The zero-order valence-corrected chi connectivity index (χ0v) is 13.3. The van der Waals surface area contributed by atoms with Gasteiger partial charge in [-0.2, -0.15) is 14.6 Å². The molecule has 1 unspecified atom stereocenters. The van der Waals surface area contributed by atoms with Crippen LogP contribution in [0.3, 0.4) is 0 Å². The topological polar surface area (TPSA) is 64.3 Å². The van der Waals surface area contributed by atoms with Gasteiger partial charge in [0.2, 0.25) is 0 Å². The second-order valence-corrected chi connectivity index (χ2v) is 5.72. The van der Waals surface area contributed by atoms with Crippen molar-refractivity contribution in [1.29, 1.82) is 0 Å². The van der Waals surface area contributed by atoms with E-state index >= 15 is 0 Å². The van der Waals surface area contributed by atoms with Crippen LogP contribution in [0.15, 0.2) is 30.6 Å². The molecule has 23 heavy (non-hydrogen) atoms. The SMILES string of the molecule is CCc1cc(NC2CCc3c(OC)cccc32)n2ncnc2n1. The third-order valence-corrected chi connectivity index (χ3v) is 4.44. The van der Waals surface area contributed by atoms with Gasteiger partial charge >= 0.3 is 0 Å². The van der Waals surface area contributed by atoms with Gasteiger partial charge in [0.25, 0.3) is 5.78 Å². The monoisotopic (exact) mass is 309 g/mol. The molecule has 118 valence electrons. The van der Waals surface area contributed by atoms with E-state index in [0.717, 1.165) is 36.5 Å². The average Bonchev–Trinajstić information content (AvgIpc) is 3.21. The molecule has 1 aromatic carbocycles. The Labute approximate surface area is 134 Å². The fourth-order valence-corrected chi connectivity index (χ4v) is 3.29. The van der Waals surface area contributed by atoms with Crippen LogP contribution in [0, 0.1) is 0 Å². The summed E-state index contributed by atoms with van der Waals surface area (Å²) in [6.45, 7) is 2.09. The number of anilines is 1. The summed E-state index contributed by atoms with van der Waals surface area (Å²) in [5.74, 6) is 2.54. The zero-order chi connectivity index (χ0) is 15.8. The molecule has 0 saturated carbocycles. The highest BCUT2D eigenvalue weighted by Crippen LogP contribution is 2.38. The van der Waals surface area contributed by atoms with E-state index < -0.39 is 0 Å². The first-order valence-electron chi connectivity index (χ1n) is 7.92. The Balaban J connectivity index is 1.72. The molecular weight excluding hydrogens is 290 g/mol. The lowest BCUT2D eigenvalue weighted by atomic mass is 10.1. The van der Waals surface area contributed by atoms with Crippen molar-refractivity contribution in [2.45, 2.75) is 32.2 Å². The number of benzene rings is 1. The number of hydrogen-bond donors (Lipinski definition) is 1. The summed E-state index contributed by atoms with van der Waals surface area (Å²) in [5, 5.41) is 7.90. The Morgan fingerprint density at radius 3 is 3.13 bits per heavy atom. The van der Waals surface area contributed by atoms with Crippen molar-refractivity contribution in [3.8, 4) is 5.75 Å². The van der Waals surface area contributed by atoms with Crippen LogP contribution in [0.4, 0.5) is 5.82 Å². The van der Waals surface area contributed by atoms with Crippen LogP contribution in [0.1, 0.15) is 36.2 Å². The zero-order valence-electron chi connectivity index (χ0n) is 13.3. The molecule has 0 fully saturated rings. The van der Waals surface area contributed by atoms with Crippen molar-refractivity contribution in [3.05, 3.63) is 47.4 Å². The van der Waals surface area contributed by atoms with Gasteiger partial charge in [0, 0.05) is 11.8 Å². The van der Waals surface area contributed by atoms with Gasteiger partial charge in [0.05, 0.1) is 13.2 Å². The molecule has 3 aromatic rings. The highest BCUT2D eigenvalue weighted by atomic mass is 16.5. The summed E-state index contributed by atoms with van der Waals surface area (Å²) in [4.78, 5) is 8.70. The lowest BCUT2D eigenvalue weighted by Crippen LogP contribution is -2.12. The lowest BCUT2D eigenvalue weighted by molar-refractivity contribution is 0.410. The molecule has 0 amide bonds. The van der Waals surface area contributed by atoms with Gasteiger partial charge in [-0.25, -0.2) is 4.98 Å². The number of methoxy groups -OCH3 is 1. The van der Waals surface area contributed by atoms with E-state index in [9.17, 15) is 0 Å². The maximum Gasteiger partial charge on any atom is 0.254 e. The van der Waals surface area contributed by atoms with Gasteiger partial charge in [-0.1, -0.05) is 19.1 Å². The molecule has 0 aliphatic heterocycles. The number of nitrogens with one attached hydrogen (secondary N) is 1. The maximum absolute atomic E-state index is 5.48. The Morgan fingerprint density at radius 1 is 1.39 bits per heavy atom. The molecule has 2 heterocycles. The van der Waals surface area contributed by atoms with E-state index in [1.165, 1.54) is 11.1 Å². The molecule has 0 saturated heterocycles. The first kappa shape index (κ1) is 14.0. The van der Waals surface area contributed by atoms with Gasteiger partial charge in [-0.05, 0) is 36.5 Å². The van der Waals surface area contributed by atoms with Crippen LogP contribution in [0.2, 0.25) is 0 Å². The predicted molar refractivity (Wildman–Crippen MR) is 87.8 cm³/mol. The third kappa shape index (κ3) is 2.30. The van der Waals surface area contributed by atoms with Crippen LogP contribution < -0.4 is 10.1 Å². The van der Waals surface area contributed by atoms with Crippen LogP contribution in [-0.2, 0) is 12.8 Å². The minimum absolute atomic E-state index is 0.250. The lowest BCUT2D eigenvalue weighted by Gasteiger charge is -2.17. The summed E-state index contributed by atoms with van der Waals surface area (Å²) in [6, 6.07) is 8.55. The van der Waals surface area contributed by atoms with Gasteiger partial charge in [0.15, 0.2) is 0 Å². The molecule has 1 atom stereocenters. The summed E-state index contributed by atoms with van der Waals surface area (Å²) in [7, 11) is 1.73. The van der Waals surface area contributed by atoms with E-state index in [0.29, 0.717) is 5.78 Å². The molecule has 0 spiro atoms. The van der Waals surface area contributed by atoms with Gasteiger partial charge < -0.3 is 10.1 Å². The fourth-order valence-electron chi connectivity index (χ4n) is 3.29. The standard InChI is InChI=1S/C17H19N5O/c1-3-11-9-16(22-17(20-11)18-10-19-22)21-14-8-7-13-12(14)5-4-6-15(13)23-2/h4-6,9-10,14,21H,3,7-8H2,1-2H3. The highest BCUT2D eigenvalue weighted by Gasteiger charge is 2.25. The number of ether oxygens (including phenoxy) is 1. The number of fused-ring (bicyclic) bond motifs is 2. The van der Waals surface area contributed by atoms with E-state index in [1.807, 2.05) is 12.1 Å². The van der Waals surface area contributed by atoms with E-state index in [4.69, 9.17) is 4.74 Å². The molecule has 2 aromatic heterocycles. The van der Waals surface area contributed by atoms with Crippen molar-refractivity contribution in [1.82, 2.24) is 19.6 Å². The van der Waals surface area contributed by atoms with Gasteiger partial charge in [0.1, 0.15) is 17.9 Å². The maximum atomic E-state index is 5.48. The quantitative estimate of drug-likeness (QED) is 0.803. The number of aryl methyl sites for hydroxylation is 1. The Morgan fingerprint density at radius 2 is 2.30 bits per heavy atom. The minimum Gasteiger partial charge on any atom is -0.496 e. The van der Waals surface area contributed by atoms with E-state index in [2.05, 4.69) is 39.4 Å². The molecule has 0 radical (unpaired) electrons. The number of rotatable bonds is 4. The van der Waals surface area contributed by atoms with E-state index in [-0.39, 0.29) is 6.04 Å². The Bertz CT molecular complexity index is 857. The minimum atomic E-state index is 0.250. The first-order chi connectivity index (χ1) is 11.3. The molecule has 6 nitrogen and oxygen atoms in total. The van der Waals surface area contributed by atoms with Crippen LogP contribution in [0.25, 0.3) is 5.78 Å². The summed E-state index contributed by atoms with van der Waals surface area (Å²) >= 11 is 0. The Hall–Kier alpha value is -2.63. The molecule has 1 N–H and O–H groups in total. The predicted octanol–water partition coefficient (Wildman–Crippen LogP) is 2.79. The number of hydrogen-bond acceptors (Lipinski definition) is 5. The summed E-state index contributed by atoms with van der Waals surface area (Å²) in [6.07, 6.45) is 4.46. The fraction of sp³-hybridized carbons (Fsp3) is 0.353. The second-order valence-electron chi connectivity index (χ2n) is 5.72.